The first-order valence-corrected chi connectivity index (χ1v) is 8.09. The van der Waals surface area contributed by atoms with Crippen molar-refractivity contribution in [3.05, 3.63) is 16.6 Å². The fourth-order valence-electron chi connectivity index (χ4n) is 2.85. The monoisotopic (exact) mass is 281 g/mol. The van der Waals surface area contributed by atoms with Crippen molar-refractivity contribution in [3.63, 3.8) is 0 Å². The minimum Gasteiger partial charge on any atom is -0.309 e. The molecule has 2 heterocycles. The maximum Gasteiger partial charge on any atom is 0.107 e. The molecule has 0 aliphatic carbocycles. The van der Waals surface area contributed by atoms with E-state index in [-0.39, 0.29) is 5.54 Å². The van der Waals surface area contributed by atoms with Crippen molar-refractivity contribution in [1.82, 2.24) is 15.2 Å². The fourth-order valence-corrected chi connectivity index (χ4v) is 3.49. The first kappa shape index (κ1) is 14.9. The molecule has 0 radical (unpaired) electrons. The van der Waals surface area contributed by atoms with Gasteiger partial charge in [0, 0.05) is 36.2 Å². The second-order valence-electron chi connectivity index (χ2n) is 7.01. The lowest BCUT2D eigenvalue weighted by Crippen LogP contribution is -2.65. The van der Waals surface area contributed by atoms with Crippen LogP contribution in [-0.2, 0) is 6.54 Å². The molecule has 1 aromatic rings. The highest BCUT2D eigenvalue weighted by Gasteiger charge is 2.39. The number of nitrogens with one attached hydrogen (secondary N) is 1. The molecule has 3 nitrogen and oxygen atoms in total. The number of hydrogen-bond donors (Lipinski definition) is 1. The highest BCUT2D eigenvalue weighted by Crippen LogP contribution is 2.31. The third-order valence-electron chi connectivity index (χ3n) is 4.32. The van der Waals surface area contributed by atoms with E-state index in [1.165, 1.54) is 5.01 Å². The molecule has 1 fully saturated rings. The van der Waals surface area contributed by atoms with E-state index in [1.54, 1.807) is 11.3 Å². The molecule has 2 unspecified atom stereocenters. The molecule has 2 atom stereocenters. The fraction of sp³-hybridized carbons (Fsp3) is 0.800. The lowest BCUT2D eigenvalue weighted by Gasteiger charge is -2.50. The summed E-state index contributed by atoms with van der Waals surface area (Å²) in [7, 11) is 0. The minimum atomic E-state index is 0.235. The Labute approximate surface area is 121 Å². The number of piperazine rings is 1. The van der Waals surface area contributed by atoms with Gasteiger partial charge in [-0.05, 0) is 18.8 Å². The van der Waals surface area contributed by atoms with Gasteiger partial charge in [0.05, 0.1) is 6.54 Å². The molecule has 4 heteroatoms. The van der Waals surface area contributed by atoms with Gasteiger partial charge in [-0.3, -0.25) is 4.90 Å². The average molecular weight is 281 g/mol. The SMILES string of the molecule is CCC1(C)CN(Cc2nccs2)C(C(C)(C)C)CN1. The van der Waals surface area contributed by atoms with E-state index in [4.69, 9.17) is 0 Å². The molecule has 108 valence electrons. The van der Waals surface area contributed by atoms with Crippen LogP contribution in [-0.4, -0.2) is 34.6 Å². The molecule has 1 saturated heterocycles. The van der Waals surface area contributed by atoms with E-state index in [0.29, 0.717) is 11.5 Å². The van der Waals surface area contributed by atoms with Crippen LogP contribution in [0.15, 0.2) is 11.6 Å². The van der Waals surface area contributed by atoms with E-state index in [1.807, 2.05) is 6.20 Å². The minimum absolute atomic E-state index is 0.235. The molecule has 1 aliphatic rings. The highest BCUT2D eigenvalue weighted by atomic mass is 32.1. The van der Waals surface area contributed by atoms with Gasteiger partial charge in [-0.15, -0.1) is 11.3 Å². The smallest absolute Gasteiger partial charge is 0.107 e. The van der Waals surface area contributed by atoms with Crippen molar-refractivity contribution in [2.75, 3.05) is 13.1 Å². The van der Waals surface area contributed by atoms with Crippen molar-refractivity contribution < 1.29 is 0 Å². The standard InChI is InChI=1S/C15H27N3S/c1-6-15(5)11-18(10-13-16-7-8-19-13)12(9-17-15)14(2,3)4/h7-8,12,17H,6,9-11H2,1-5H3. The van der Waals surface area contributed by atoms with Crippen molar-refractivity contribution in [2.24, 2.45) is 5.41 Å². The van der Waals surface area contributed by atoms with E-state index in [2.05, 4.69) is 55.2 Å². The number of nitrogens with zero attached hydrogens (tertiary/aromatic N) is 2. The zero-order chi connectivity index (χ0) is 14.1. The van der Waals surface area contributed by atoms with Crippen LogP contribution < -0.4 is 5.32 Å². The van der Waals surface area contributed by atoms with Crippen LogP contribution in [0.25, 0.3) is 0 Å². The predicted octanol–water partition coefficient (Wildman–Crippen LogP) is 3.13. The Bertz CT molecular complexity index is 396. The van der Waals surface area contributed by atoms with Crippen LogP contribution in [0, 0.1) is 5.41 Å². The molecule has 0 saturated carbocycles. The van der Waals surface area contributed by atoms with E-state index >= 15 is 0 Å². The van der Waals surface area contributed by atoms with E-state index in [0.717, 1.165) is 26.1 Å². The molecular formula is C15H27N3S. The van der Waals surface area contributed by atoms with Gasteiger partial charge in [-0.2, -0.15) is 0 Å². The van der Waals surface area contributed by atoms with E-state index in [9.17, 15) is 0 Å². The van der Waals surface area contributed by atoms with Crippen LogP contribution in [0.2, 0.25) is 0 Å². The third-order valence-corrected chi connectivity index (χ3v) is 5.08. The Morgan fingerprint density at radius 1 is 1.53 bits per heavy atom. The molecule has 19 heavy (non-hydrogen) atoms. The van der Waals surface area contributed by atoms with Gasteiger partial charge in [0.15, 0.2) is 0 Å². The number of aromatic nitrogens is 1. The molecule has 2 rings (SSSR count). The molecule has 1 aromatic heterocycles. The quantitative estimate of drug-likeness (QED) is 0.922. The first-order chi connectivity index (χ1) is 8.84. The summed E-state index contributed by atoms with van der Waals surface area (Å²) in [5.41, 5.74) is 0.526. The van der Waals surface area contributed by atoms with Gasteiger partial charge in [-0.1, -0.05) is 27.7 Å². The van der Waals surface area contributed by atoms with Gasteiger partial charge >= 0.3 is 0 Å². The molecule has 1 N–H and O–H groups in total. The normalized spacial score (nSPS) is 29.6. The van der Waals surface area contributed by atoms with Crippen molar-refractivity contribution >= 4 is 11.3 Å². The lowest BCUT2D eigenvalue weighted by atomic mass is 9.81. The van der Waals surface area contributed by atoms with Crippen molar-refractivity contribution in [3.8, 4) is 0 Å². The van der Waals surface area contributed by atoms with Crippen LogP contribution in [0.1, 0.15) is 46.0 Å². The summed E-state index contributed by atoms with van der Waals surface area (Å²) in [6, 6.07) is 0.566. The van der Waals surface area contributed by atoms with Crippen molar-refractivity contribution in [2.45, 2.75) is 59.2 Å². The van der Waals surface area contributed by atoms with Gasteiger partial charge in [0.1, 0.15) is 5.01 Å². The average Bonchev–Trinajstić information content (AvgIpc) is 2.80. The Kier molecular flexibility index (Phi) is 4.33. The summed E-state index contributed by atoms with van der Waals surface area (Å²) in [5, 5.41) is 7.06. The van der Waals surface area contributed by atoms with Crippen LogP contribution in [0.5, 0.6) is 0 Å². The molecule has 1 aliphatic heterocycles. The zero-order valence-corrected chi connectivity index (χ0v) is 13.7. The topological polar surface area (TPSA) is 28.2 Å². The number of thiazole rings is 1. The number of hydrogen-bond acceptors (Lipinski definition) is 4. The predicted molar refractivity (Wildman–Crippen MR) is 82.5 cm³/mol. The Morgan fingerprint density at radius 2 is 2.26 bits per heavy atom. The van der Waals surface area contributed by atoms with Gasteiger partial charge in [0.2, 0.25) is 0 Å². The summed E-state index contributed by atoms with van der Waals surface area (Å²) in [4.78, 5) is 7.08. The second-order valence-corrected chi connectivity index (χ2v) is 7.99. The zero-order valence-electron chi connectivity index (χ0n) is 12.9. The summed E-state index contributed by atoms with van der Waals surface area (Å²) < 4.78 is 0. The highest BCUT2D eigenvalue weighted by molar-refractivity contribution is 7.09. The maximum absolute atomic E-state index is 4.46. The summed E-state index contributed by atoms with van der Waals surface area (Å²) in [6.07, 6.45) is 3.07. The third kappa shape index (κ3) is 3.56. The summed E-state index contributed by atoms with van der Waals surface area (Å²) >= 11 is 1.76. The molecule has 0 spiro atoms. The molecular weight excluding hydrogens is 254 g/mol. The van der Waals surface area contributed by atoms with Gasteiger partial charge in [0.25, 0.3) is 0 Å². The summed E-state index contributed by atoms with van der Waals surface area (Å²) in [5.74, 6) is 0. The summed E-state index contributed by atoms with van der Waals surface area (Å²) in [6.45, 7) is 14.8. The van der Waals surface area contributed by atoms with Crippen LogP contribution in [0.3, 0.4) is 0 Å². The second kappa shape index (κ2) is 5.51. The van der Waals surface area contributed by atoms with Gasteiger partial charge < -0.3 is 5.32 Å². The number of rotatable bonds is 3. The molecule has 0 bridgehead atoms. The lowest BCUT2D eigenvalue weighted by molar-refractivity contribution is 0.0204. The Hall–Kier alpha value is -0.450. The van der Waals surface area contributed by atoms with Crippen LogP contribution in [0.4, 0.5) is 0 Å². The van der Waals surface area contributed by atoms with Crippen LogP contribution >= 0.6 is 11.3 Å². The largest absolute Gasteiger partial charge is 0.309 e. The van der Waals surface area contributed by atoms with Gasteiger partial charge in [-0.25, -0.2) is 4.98 Å². The molecule has 0 amide bonds. The van der Waals surface area contributed by atoms with E-state index < -0.39 is 0 Å². The first-order valence-electron chi connectivity index (χ1n) is 7.21. The Balaban J connectivity index is 2.16. The van der Waals surface area contributed by atoms with Crippen molar-refractivity contribution in [1.29, 1.82) is 0 Å². The Morgan fingerprint density at radius 3 is 2.79 bits per heavy atom. The molecule has 0 aromatic carbocycles. The maximum atomic E-state index is 4.46.